The lowest BCUT2D eigenvalue weighted by Crippen LogP contribution is -2.48. The molecular formula is C25H27N5O2. The second kappa shape index (κ2) is 7.17. The van der Waals surface area contributed by atoms with E-state index in [2.05, 4.69) is 33.1 Å². The van der Waals surface area contributed by atoms with Crippen molar-refractivity contribution in [2.45, 2.75) is 31.7 Å². The highest BCUT2D eigenvalue weighted by molar-refractivity contribution is 5.88. The second-order valence-electron chi connectivity index (χ2n) is 9.92. The van der Waals surface area contributed by atoms with E-state index in [0.29, 0.717) is 29.8 Å². The number of amides is 1. The number of likely N-dealkylation sites (tertiary alicyclic amines) is 1. The van der Waals surface area contributed by atoms with Crippen LogP contribution in [0.1, 0.15) is 31.4 Å². The van der Waals surface area contributed by atoms with E-state index in [9.17, 15) is 9.90 Å². The second-order valence-corrected chi connectivity index (χ2v) is 9.92. The largest absolute Gasteiger partial charge is 0.507 e. The van der Waals surface area contributed by atoms with Gasteiger partial charge >= 0.3 is 0 Å². The number of nitrogens with zero attached hydrogens (tertiary/aromatic N) is 4. The molecule has 164 valence electrons. The van der Waals surface area contributed by atoms with Crippen molar-refractivity contribution in [3.8, 4) is 17.0 Å². The smallest absolute Gasteiger partial charge is 0.246 e. The lowest BCUT2D eigenvalue weighted by atomic mass is 9.72. The third-order valence-electron chi connectivity index (χ3n) is 7.37. The van der Waals surface area contributed by atoms with E-state index in [4.69, 9.17) is 0 Å². The Morgan fingerprint density at radius 3 is 2.81 bits per heavy atom. The van der Waals surface area contributed by atoms with Crippen molar-refractivity contribution < 1.29 is 9.90 Å². The molecule has 7 nitrogen and oxygen atoms in total. The number of H-pyrrole nitrogens is 1. The SMILES string of the molecule is CC12CC(C1)N(C/C=C/C(=O)N1CC(c3cc4cc(-c5ccccc5O)nnc4[nH]3)C1)C2. The minimum Gasteiger partial charge on any atom is -0.507 e. The molecule has 1 aliphatic carbocycles. The number of fused-ring (bicyclic) bond motifs is 2. The first-order chi connectivity index (χ1) is 15.5. The fourth-order valence-electron chi connectivity index (χ4n) is 5.54. The molecule has 1 saturated carbocycles. The molecule has 1 aromatic carbocycles. The average Bonchev–Trinajstić information content (AvgIpc) is 3.36. The Kier molecular flexibility index (Phi) is 4.37. The quantitative estimate of drug-likeness (QED) is 0.608. The monoisotopic (exact) mass is 429 g/mol. The molecule has 5 heterocycles. The summed E-state index contributed by atoms with van der Waals surface area (Å²) in [7, 11) is 0. The molecule has 1 amide bonds. The molecule has 4 fully saturated rings. The number of carbonyl (C=O) groups is 1. The first kappa shape index (κ1) is 19.5. The van der Waals surface area contributed by atoms with Crippen LogP contribution in [-0.2, 0) is 4.79 Å². The van der Waals surface area contributed by atoms with Gasteiger partial charge in [-0.25, -0.2) is 0 Å². The lowest BCUT2D eigenvalue weighted by molar-refractivity contribution is -0.130. The number of phenols is 1. The predicted octanol–water partition coefficient (Wildman–Crippen LogP) is 3.30. The summed E-state index contributed by atoms with van der Waals surface area (Å²) in [6, 6.07) is 11.9. The maximum atomic E-state index is 12.5. The first-order valence-electron chi connectivity index (χ1n) is 11.3. The van der Waals surface area contributed by atoms with Crippen LogP contribution < -0.4 is 0 Å². The number of aromatic amines is 1. The van der Waals surface area contributed by atoms with Gasteiger partial charge in [-0.1, -0.05) is 25.1 Å². The molecule has 2 N–H and O–H groups in total. The molecule has 0 unspecified atom stereocenters. The minimum absolute atomic E-state index is 0.0942. The molecule has 7 heteroatoms. The predicted molar refractivity (Wildman–Crippen MR) is 122 cm³/mol. The van der Waals surface area contributed by atoms with Crippen LogP contribution in [0.2, 0.25) is 0 Å². The van der Waals surface area contributed by atoms with E-state index in [1.807, 2.05) is 29.2 Å². The molecule has 0 radical (unpaired) electrons. The Bertz CT molecular complexity index is 1220. The number of nitrogens with one attached hydrogen (secondary N) is 1. The summed E-state index contributed by atoms with van der Waals surface area (Å²) in [5, 5.41) is 19.6. The number of rotatable bonds is 5. The van der Waals surface area contributed by atoms with Crippen LogP contribution in [0.25, 0.3) is 22.3 Å². The molecule has 2 bridgehead atoms. The molecule has 3 aliphatic heterocycles. The molecule has 3 saturated heterocycles. The summed E-state index contributed by atoms with van der Waals surface area (Å²) < 4.78 is 0. The summed E-state index contributed by atoms with van der Waals surface area (Å²) in [4.78, 5) is 20.2. The van der Waals surface area contributed by atoms with E-state index >= 15 is 0 Å². The van der Waals surface area contributed by atoms with Gasteiger partial charge in [0.1, 0.15) is 5.75 Å². The molecule has 4 aliphatic rings. The number of benzene rings is 1. The molecular weight excluding hydrogens is 402 g/mol. The van der Waals surface area contributed by atoms with Gasteiger partial charge in [-0.05, 0) is 42.5 Å². The first-order valence-corrected chi connectivity index (χ1v) is 11.3. The number of carbonyl (C=O) groups excluding carboxylic acids is 1. The molecule has 7 rings (SSSR count). The van der Waals surface area contributed by atoms with E-state index < -0.39 is 0 Å². The number of phenolic OH excluding ortho intramolecular Hbond substituents is 1. The zero-order valence-electron chi connectivity index (χ0n) is 18.2. The maximum Gasteiger partial charge on any atom is 0.246 e. The lowest BCUT2D eigenvalue weighted by Gasteiger charge is -2.38. The highest BCUT2D eigenvalue weighted by Crippen LogP contribution is 2.51. The van der Waals surface area contributed by atoms with Crippen molar-refractivity contribution >= 4 is 16.9 Å². The molecule has 3 aromatic rings. The number of hydrogen-bond donors (Lipinski definition) is 2. The highest BCUT2D eigenvalue weighted by atomic mass is 16.3. The number of para-hydroxylation sites is 1. The third-order valence-corrected chi connectivity index (χ3v) is 7.37. The van der Waals surface area contributed by atoms with Crippen LogP contribution in [-0.4, -0.2) is 68.2 Å². The Morgan fingerprint density at radius 2 is 2.06 bits per heavy atom. The summed E-state index contributed by atoms with van der Waals surface area (Å²) in [6.45, 7) is 5.82. The van der Waals surface area contributed by atoms with Crippen LogP contribution in [0.5, 0.6) is 5.75 Å². The van der Waals surface area contributed by atoms with Gasteiger partial charge in [0.05, 0.1) is 5.69 Å². The van der Waals surface area contributed by atoms with Gasteiger partial charge in [0, 0.05) is 60.9 Å². The van der Waals surface area contributed by atoms with E-state index in [-0.39, 0.29) is 17.6 Å². The normalized spacial score (nSPS) is 25.4. The standard InChI is InChI=1S/C25H27N5O2/c1-25-11-18(12-25)29(15-25)8-4-7-23(32)30-13-17(14-30)20-9-16-10-21(27-28-24(16)26-20)19-5-2-3-6-22(19)31/h2-7,9-10,17-18,31H,8,11-15H2,1H3,(H,26,28)/b7-4+. The molecule has 0 atom stereocenters. The summed E-state index contributed by atoms with van der Waals surface area (Å²) in [5.74, 6) is 0.562. The number of hydrogen-bond acceptors (Lipinski definition) is 5. The van der Waals surface area contributed by atoms with Gasteiger partial charge in [0.25, 0.3) is 0 Å². The van der Waals surface area contributed by atoms with Crippen LogP contribution in [0.15, 0.2) is 48.6 Å². The Hall–Kier alpha value is -3.19. The van der Waals surface area contributed by atoms with Gasteiger partial charge in [-0.15, -0.1) is 10.2 Å². The van der Waals surface area contributed by atoms with Crippen molar-refractivity contribution in [1.82, 2.24) is 25.0 Å². The summed E-state index contributed by atoms with van der Waals surface area (Å²) in [5.41, 5.74) is 3.63. The minimum atomic E-state index is 0.0942. The van der Waals surface area contributed by atoms with E-state index in [1.54, 1.807) is 18.2 Å². The van der Waals surface area contributed by atoms with Crippen molar-refractivity contribution in [3.63, 3.8) is 0 Å². The molecule has 2 aromatic heterocycles. The van der Waals surface area contributed by atoms with Crippen molar-refractivity contribution in [1.29, 1.82) is 0 Å². The van der Waals surface area contributed by atoms with Crippen molar-refractivity contribution in [3.05, 3.63) is 54.2 Å². The van der Waals surface area contributed by atoms with Gasteiger partial charge in [-0.2, -0.15) is 0 Å². The summed E-state index contributed by atoms with van der Waals surface area (Å²) in [6.07, 6.45) is 6.39. The zero-order chi connectivity index (χ0) is 21.9. The fraction of sp³-hybridized carbons (Fsp3) is 0.400. The highest BCUT2D eigenvalue weighted by Gasteiger charge is 2.51. The zero-order valence-corrected chi connectivity index (χ0v) is 18.2. The maximum absolute atomic E-state index is 12.5. The Morgan fingerprint density at radius 1 is 1.25 bits per heavy atom. The molecule has 0 spiro atoms. The third kappa shape index (κ3) is 3.28. The van der Waals surface area contributed by atoms with Crippen LogP contribution in [0.4, 0.5) is 0 Å². The number of aromatic nitrogens is 3. The van der Waals surface area contributed by atoms with Crippen LogP contribution >= 0.6 is 0 Å². The van der Waals surface area contributed by atoms with Crippen molar-refractivity contribution in [2.75, 3.05) is 26.2 Å². The topological polar surface area (TPSA) is 85.3 Å². The Labute approximate surface area is 186 Å². The van der Waals surface area contributed by atoms with Gasteiger partial charge < -0.3 is 15.0 Å². The van der Waals surface area contributed by atoms with Gasteiger partial charge in [0.2, 0.25) is 5.91 Å². The average molecular weight is 430 g/mol. The van der Waals surface area contributed by atoms with E-state index in [0.717, 1.165) is 35.9 Å². The van der Waals surface area contributed by atoms with Crippen molar-refractivity contribution in [2.24, 2.45) is 5.41 Å². The molecule has 32 heavy (non-hydrogen) atoms. The number of aromatic hydroxyl groups is 1. The Balaban J connectivity index is 1.08. The van der Waals surface area contributed by atoms with Gasteiger partial charge in [-0.3, -0.25) is 9.69 Å². The fourth-order valence-corrected chi connectivity index (χ4v) is 5.54. The van der Waals surface area contributed by atoms with E-state index in [1.165, 1.54) is 12.8 Å². The van der Waals surface area contributed by atoms with Crippen LogP contribution in [0.3, 0.4) is 0 Å². The van der Waals surface area contributed by atoms with Crippen LogP contribution in [0, 0.1) is 5.41 Å². The summed E-state index contributed by atoms with van der Waals surface area (Å²) >= 11 is 0. The van der Waals surface area contributed by atoms with Gasteiger partial charge in [0.15, 0.2) is 5.65 Å².